The predicted molar refractivity (Wildman–Crippen MR) is 175 cm³/mol. The van der Waals surface area contributed by atoms with E-state index in [0.717, 1.165) is 30.8 Å². The summed E-state index contributed by atoms with van der Waals surface area (Å²) in [6, 6.07) is 20.1. The van der Waals surface area contributed by atoms with Crippen molar-refractivity contribution in [3.8, 4) is 11.1 Å². The number of alkyl carbamates (subject to hydrolysis) is 1. The van der Waals surface area contributed by atoms with Crippen LogP contribution >= 0.6 is 0 Å². The van der Waals surface area contributed by atoms with Crippen LogP contribution in [0.15, 0.2) is 66.7 Å². The van der Waals surface area contributed by atoms with Gasteiger partial charge in [-0.25, -0.2) is 9.18 Å². The van der Waals surface area contributed by atoms with Gasteiger partial charge < -0.3 is 30.3 Å². The Morgan fingerprint density at radius 3 is 2.56 bits per heavy atom. The molecule has 4 rings (SSSR count). The average Bonchev–Trinajstić information content (AvgIpc) is 3.04. The molecule has 0 aromatic heterocycles. The zero-order valence-corrected chi connectivity index (χ0v) is 26.9. The molecule has 1 fully saturated rings. The number of hydrogen-bond donors (Lipinski definition) is 3. The van der Waals surface area contributed by atoms with E-state index in [1.807, 2.05) is 74.4 Å². The van der Waals surface area contributed by atoms with Gasteiger partial charge in [-0.2, -0.15) is 0 Å². The lowest BCUT2D eigenvalue weighted by Gasteiger charge is -2.43. The number of aryl methyl sites for hydroxylation is 1. The van der Waals surface area contributed by atoms with Crippen molar-refractivity contribution in [1.29, 1.82) is 0 Å². The maximum absolute atomic E-state index is 15.6. The van der Waals surface area contributed by atoms with Crippen LogP contribution in [0.25, 0.3) is 11.1 Å². The van der Waals surface area contributed by atoms with E-state index in [2.05, 4.69) is 15.5 Å². The zero-order chi connectivity index (χ0) is 32.4. The first-order valence-electron chi connectivity index (χ1n) is 15.8. The van der Waals surface area contributed by atoms with Gasteiger partial charge in [-0.15, -0.1) is 0 Å². The minimum Gasteiger partial charge on any atom is -0.453 e. The van der Waals surface area contributed by atoms with Crippen LogP contribution in [0.5, 0.6) is 0 Å². The van der Waals surface area contributed by atoms with E-state index in [1.54, 1.807) is 12.1 Å². The van der Waals surface area contributed by atoms with E-state index >= 15 is 4.39 Å². The first-order valence-corrected chi connectivity index (χ1v) is 15.8. The van der Waals surface area contributed by atoms with Gasteiger partial charge in [0.05, 0.1) is 12.7 Å². The Morgan fingerprint density at radius 2 is 1.84 bits per heavy atom. The van der Waals surface area contributed by atoms with Crippen LogP contribution < -0.4 is 10.6 Å². The summed E-state index contributed by atoms with van der Waals surface area (Å²) in [6.07, 6.45) is 1.54. The van der Waals surface area contributed by atoms with Gasteiger partial charge in [-0.1, -0.05) is 54.1 Å². The fourth-order valence-corrected chi connectivity index (χ4v) is 6.19. The van der Waals surface area contributed by atoms with E-state index < -0.39 is 17.5 Å². The Hall–Kier alpha value is -3.79. The lowest BCUT2D eigenvalue weighted by atomic mass is 9.72. The van der Waals surface area contributed by atoms with Gasteiger partial charge in [0.2, 0.25) is 0 Å². The molecule has 8 nitrogen and oxygen atoms in total. The molecule has 3 N–H and O–H groups in total. The maximum atomic E-state index is 15.6. The fraction of sp³-hybridized carbons (Fsp3) is 0.444. The molecule has 3 aromatic rings. The summed E-state index contributed by atoms with van der Waals surface area (Å²) in [5, 5.41) is 18.7. The van der Waals surface area contributed by atoms with Crippen molar-refractivity contribution in [1.82, 2.24) is 20.4 Å². The van der Waals surface area contributed by atoms with Crippen LogP contribution in [0.4, 0.5) is 9.18 Å². The molecule has 1 aliphatic heterocycles. The molecule has 0 bridgehead atoms. The molecule has 45 heavy (non-hydrogen) atoms. The molecule has 0 spiro atoms. The number of amides is 2. The Morgan fingerprint density at radius 1 is 1.09 bits per heavy atom. The van der Waals surface area contributed by atoms with E-state index in [4.69, 9.17) is 4.74 Å². The highest BCUT2D eigenvalue weighted by atomic mass is 19.1. The summed E-state index contributed by atoms with van der Waals surface area (Å²) >= 11 is 0. The normalized spacial score (nSPS) is 16.3. The number of piperidine rings is 1. The number of carbonyl (C=O) groups excluding carboxylic acids is 2. The number of rotatable bonds is 13. The van der Waals surface area contributed by atoms with E-state index in [0.29, 0.717) is 54.6 Å². The Balaban J connectivity index is 1.58. The number of carbonyl (C=O) groups is 2. The van der Waals surface area contributed by atoms with Crippen LogP contribution in [-0.4, -0.2) is 80.8 Å². The predicted octanol–water partition coefficient (Wildman–Crippen LogP) is 5.33. The number of benzene rings is 3. The second kappa shape index (κ2) is 16.0. The zero-order valence-electron chi connectivity index (χ0n) is 26.9. The van der Waals surface area contributed by atoms with Gasteiger partial charge >= 0.3 is 6.09 Å². The molecule has 1 heterocycles. The second-order valence-electron chi connectivity index (χ2n) is 12.2. The summed E-state index contributed by atoms with van der Waals surface area (Å²) in [5.74, 6) is -0.845. The maximum Gasteiger partial charge on any atom is 0.406 e. The van der Waals surface area contributed by atoms with Crippen LogP contribution in [0.3, 0.4) is 0 Å². The molecular formula is C36H47FN4O4. The molecular weight excluding hydrogens is 571 g/mol. The molecule has 0 aliphatic carbocycles. The third kappa shape index (κ3) is 8.90. The van der Waals surface area contributed by atoms with Crippen molar-refractivity contribution < 1.29 is 23.8 Å². The molecule has 1 saturated heterocycles. The molecule has 2 amide bonds. The summed E-state index contributed by atoms with van der Waals surface area (Å²) < 4.78 is 20.3. The van der Waals surface area contributed by atoms with Crippen LogP contribution in [0.1, 0.15) is 52.7 Å². The van der Waals surface area contributed by atoms with Crippen molar-refractivity contribution in [3.63, 3.8) is 0 Å². The van der Waals surface area contributed by atoms with Gasteiger partial charge in [-0.3, -0.25) is 4.79 Å². The standard InChI is InChI=1S/C36H47FN4O4/c1-26-9-5-10-29(23-26)33-31(12-6-13-32(33)37)36(44,18-8-19-39-35(43)45-4)30-11-7-21-41(25-30)34(42)28-16-14-27(15-17-28)24-38-20-22-40(2)3/h5-6,9-10,12-17,23,30,38,44H,7-8,11,18-22,24-25H2,1-4H3,(H,39,43). The van der Waals surface area contributed by atoms with Gasteiger partial charge in [0.15, 0.2) is 0 Å². The number of hydrogen-bond acceptors (Lipinski definition) is 6. The topological polar surface area (TPSA) is 94.1 Å². The van der Waals surface area contributed by atoms with Crippen molar-refractivity contribution >= 4 is 12.0 Å². The molecule has 242 valence electrons. The number of likely N-dealkylation sites (N-methyl/N-ethyl adjacent to an activating group) is 1. The van der Waals surface area contributed by atoms with Gasteiger partial charge in [0, 0.05) is 56.3 Å². The Kier molecular flexibility index (Phi) is 12.1. The number of likely N-dealkylation sites (tertiary alicyclic amines) is 1. The van der Waals surface area contributed by atoms with Crippen molar-refractivity contribution in [2.75, 3.05) is 53.9 Å². The molecule has 2 atom stereocenters. The Labute approximate surface area is 266 Å². The first-order chi connectivity index (χ1) is 21.6. The number of halogens is 1. The summed E-state index contributed by atoms with van der Waals surface area (Å²) in [4.78, 5) is 29.3. The average molecular weight is 619 g/mol. The van der Waals surface area contributed by atoms with Gasteiger partial charge in [0.1, 0.15) is 5.82 Å². The SMILES string of the molecule is COC(=O)NCCCC(O)(c1cccc(F)c1-c1cccc(C)c1)C1CCCN(C(=O)c2ccc(CNCCN(C)C)cc2)C1. The summed E-state index contributed by atoms with van der Waals surface area (Å²) in [5.41, 5.74) is 2.78. The largest absolute Gasteiger partial charge is 0.453 e. The van der Waals surface area contributed by atoms with E-state index in [9.17, 15) is 14.7 Å². The number of aliphatic hydroxyl groups is 1. The monoisotopic (exact) mass is 618 g/mol. The fourth-order valence-electron chi connectivity index (χ4n) is 6.19. The molecule has 0 saturated carbocycles. The highest BCUT2D eigenvalue weighted by Gasteiger charge is 2.43. The smallest absolute Gasteiger partial charge is 0.406 e. The van der Waals surface area contributed by atoms with Crippen LogP contribution in [0, 0.1) is 18.7 Å². The molecule has 0 radical (unpaired) electrons. The molecule has 1 aliphatic rings. The summed E-state index contributed by atoms with van der Waals surface area (Å²) in [6.45, 7) is 5.70. The Bertz CT molecular complexity index is 1430. The number of nitrogens with zero attached hydrogens (tertiary/aromatic N) is 2. The minimum absolute atomic E-state index is 0.0836. The van der Waals surface area contributed by atoms with Crippen molar-refractivity contribution in [3.05, 3.63) is 94.8 Å². The molecule has 3 aromatic carbocycles. The minimum atomic E-state index is -1.46. The van der Waals surface area contributed by atoms with Crippen LogP contribution in [-0.2, 0) is 16.9 Å². The highest BCUT2D eigenvalue weighted by Crippen LogP contribution is 2.44. The van der Waals surface area contributed by atoms with E-state index in [-0.39, 0.29) is 24.8 Å². The third-order valence-corrected chi connectivity index (χ3v) is 8.63. The highest BCUT2D eigenvalue weighted by molar-refractivity contribution is 5.94. The number of ether oxygens (including phenoxy) is 1. The van der Waals surface area contributed by atoms with Gasteiger partial charge in [-0.05, 0) is 81.6 Å². The molecule has 9 heteroatoms. The molecule has 2 unspecified atom stereocenters. The lowest BCUT2D eigenvalue weighted by Crippen LogP contribution is -2.48. The van der Waals surface area contributed by atoms with Gasteiger partial charge in [0.25, 0.3) is 5.91 Å². The quantitative estimate of drug-likeness (QED) is 0.224. The second-order valence-corrected chi connectivity index (χ2v) is 12.2. The third-order valence-electron chi connectivity index (χ3n) is 8.63. The number of nitrogens with one attached hydrogen (secondary N) is 2. The summed E-state index contributed by atoms with van der Waals surface area (Å²) in [7, 11) is 5.38. The van der Waals surface area contributed by atoms with Crippen LogP contribution in [0.2, 0.25) is 0 Å². The first kappa shape index (κ1) is 34.1. The van der Waals surface area contributed by atoms with Crippen molar-refractivity contribution in [2.45, 2.75) is 44.8 Å². The number of methoxy groups -OCH3 is 1. The van der Waals surface area contributed by atoms with E-state index in [1.165, 1.54) is 13.2 Å². The van der Waals surface area contributed by atoms with Crippen molar-refractivity contribution in [2.24, 2.45) is 5.92 Å². The lowest BCUT2D eigenvalue weighted by molar-refractivity contribution is -0.0564.